The fourth-order valence-corrected chi connectivity index (χ4v) is 4.24. The van der Waals surface area contributed by atoms with Gasteiger partial charge in [-0.3, -0.25) is 4.57 Å². The van der Waals surface area contributed by atoms with Crippen LogP contribution in [0.1, 0.15) is 22.9 Å². The second-order valence-electron chi connectivity index (χ2n) is 5.64. The second kappa shape index (κ2) is 7.81. The Morgan fingerprint density at radius 2 is 2.17 bits per heavy atom. The van der Waals surface area contributed by atoms with E-state index in [4.69, 9.17) is 0 Å². The topological polar surface area (TPSA) is 30.7 Å². The summed E-state index contributed by atoms with van der Waals surface area (Å²) < 4.78 is 2.15. The van der Waals surface area contributed by atoms with Gasteiger partial charge in [0.1, 0.15) is 0 Å². The fourth-order valence-electron chi connectivity index (χ4n) is 2.54. The first kappa shape index (κ1) is 17.0. The first-order chi connectivity index (χ1) is 11.7. The van der Waals surface area contributed by atoms with Crippen molar-refractivity contribution in [3.63, 3.8) is 0 Å². The summed E-state index contributed by atoms with van der Waals surface area (Å²) in [4.78, 5) is 1.37. The minimum Gasteiger partial charge on any atom is -0.298 e. The van der Waals surface area contributed by atoms with Crippen LogP contribution in [0.15, 0.2) is 53.5 Å². The zero-order chi connectivity index (χ0) is 16.9. The molecule has 0 amide bonds. The van der Waals surface area contributed by atoms with Crippen LogP contribution >= 0.6 is 23.1 Å². The number of rotatable bonds is 7. The van der Waals surface area contributed by atoms with Crippen LogP contribution in [0, 0.1) is 6.92 Å². The SMILES string of the molecule is C=CCn1c(SCc2cccc(C)c2)nnc1-c1csc(CC)c1. The number of aromatic nitrogens is 3. The molecular weight excluding hydrogens is 334 g/mol. The van der Waals surface area contributed by atoms with Crippen molar-refractivity contribution in [3.05, 3.63) is 64.4 Å². The van der Waals surface area contributed by atoms with E-state index in [1.807, 2.05) is 6.08 Å². The number of allylic oxidation sites excluding steroid dienone is 1. The molecule has 2 heterocycles. The van der Waals surface area contributed by atoms with Gasteiger partial charge < -0.3 is 0 Å². The first-order valence-electron chi connectivity index (χ1n) is 8.01. The van der Waals surface area contributed by atoms with E-state index in [9.17, 15) is 0 Å². The lowest BCUT2D eigenvalue weighted by molar-refractivity contribution is 0.731. The molecule has 0 aliphatic heterocycles. The number of nitrogens with zero attached hydrogens (tertiary/aromatic N) is 3. The third-order valence-corrected chi connectivity index (χ3v) is 5.86. The van der Waals surface area contributed by atoms with Crippen LogP contribution in [-0.2, 0) is 18.7 Å². The third kappa shape index (κ3) is 3.79. The molecule has 0 bridgehead atoms. The van der Waals surface area contributed by atoms with Crippen molar-refractivity contribution >= 4 is 23.1 Å². The summed E-state index contributed by atoms with van der Waals surface area (Å²) in [5.74, 6) is 1.82. The molecule has 0 spiro atoms. The summed E-state index contributed by atoms with van der Waals surface area (Å²) >= 11 is 3.50. The average molecular weight is 356 g/mol. The Morgan fingerprint density at radius 3 is 2.88 bits per heavy atom. The van der Waals surface area contributed by atoms with Gasteiger partial charge in [-0.15, -0.1) is 28.1 Å². The quantitative estimate of drug-likeness (QED) is 0.422. The average Bonchev–Trinajstić information content (AvgIpc) is 3.20. The number of thiophene rings is 1. The highest BCUT2D eigenvalue weighted by Gasteiger charge is 2.15. The Bertz CT molecular complexity index is 833. The van der Waals surface area contributed by atoms with E-state index in [0.29, 0.717) is 0 Å². The van der Waals surface area contributed by atoms with Crippen molar-refractivity contribution in [3.8, 4) is 11.4 Å². The van der Waals surface area contributed by atoms with Crippen LogP contribution < -0.4 is 0 Å². The lowest BCUT2D eigenvalue weighted by atomic mass is 10.2. The van der Waals surface area contributed by atoms with Gasteiger partial charge in [-0.1, -0.05) is 54.6 Å². The van der Waals surface area contributed by atoms with E-state index in [1.165, 1.54) is 16.0 Å². The summed E-state index contributed by atoms with van der Waals surface area (Å²) in [7, 11) is 0. The van der Waals surface area contributed by atoms with Crippen LogP contribution in [0.25, 0.3) is 11.4 Å². The number of thioether (sulfide) groups is 1. The minimum absolute atomic E-state index is 0.718. The molecule has 0 atom stereocenters. The molecule has 3 nitrogen and oxygen atoms in total. The highest BCUT2D eigenvalue weighted by molar-refractivity contribution is 7.98. The molecule has 3 rings (SSSR count). The molecule has 1 aromatic carbocycles. The molecule has 124 valence electrons. The predicted molar refractivity (Wildman–Crippen MR) is 104 cm³/mol. The maximum Gasteiger partial charge on any atom is 0.192 e. The largest absolute Gasteiger partial charge is 0.298 e. The molecule has 0 saturated heterocycles. The van der Waals surface area contributed by atoms with E-state index >= 15 is 0 Å². The summed E-state index contributed by atoms with van der Waals surface area (Å²) in [6.07, 6.45) is 2.95. The van der Waals surface area contributed by atoms with Gasteiger partial charge in [0.15, 0.2) is 11.0 Å². The molecule has 0 N–H and O–H groups in total. The van der Waals surface area contributed by atoms with Gasteiger partial charge in [0.2, 0.25) is 0 Å². The van der Waals surface area contributed by atoms with Crippen molar-refractivity contribution < 1.29 is 0 Å². The normalized spacial score (nSPS) is 10.9. The predicted octanol–water partition coefficient (Wildman–Crippen LogP) is 5.36. The zero-order valence-corrected chi connectivity index (χ0v) is 15.7. The Balaban J connectivity index is 1.84. The van der Waals surface area contributed by atoms with Crippen LogP contribution in [0.4, 0.5) is 0 Å². The molecule has 0 unspecified atom stereocenters. The molecule has 0 fully saturated rings. The Hall–Kier alpha value is -1.85. The van der Waals surface area contributed by atoms with Crippen LogP contribution in [0.3, 0.4) is 0 Å². The molecular formula is C19H21N3S2. The number of hydrogen-bond donors (Lipinski definition) is 0. The maximum atomic E-state index is 4.43. The summed E-state index contributed by atoms with van der Waals surface area (Å²) in [6, 6.07) is 10.8. The van der Waals surface area contributed by atoms with Gasteiger partial charge >= 0.3 is 0 Å². The van der Waals surface area contributed by atoms with Gasteiger partial charge in [-0.25, -0.2) is 0 Å². The van der Waals surface area contributed by atoms with E-state index < -0.39 is 0 Å². The molecule has 24 heavy (non-hydrogen) atoms. The van der Waals surface area contributed by atoms with Crippen LogP contribution in [0.2, 0.25) is 0 Å². The van der Waals surface area contributed by atoms with Crippen LogP contribution in [-0.4, -0.2) is 14.8 Å². The Kier molecular flexibility index (Phi) is 5.53. The van der Waals surface area contributed by atoms with E-state index in [1.54, 1.807) is 23.1 Å². The molecule has 0 aliphatic carbocycles. The van der Waals surface area contributed by atoms with Crippen molar-refractivity contribution in [2.24, 2.45) is 0 Å². The highest BCUT2D eigenvalue weighted by atomic mass is 32.2. The molecule has 0 radical (unpaired) electrons. The van der Waals surface area contributed by atoms with Crippen LogP contribution in [0.5, 0.6) is 0 Å². The van der Waals surface area contributed by atoms with Crippen molar-refractivity contribution in [1.29, 1.82) is 0 Å². The summed E-state index contributed by atoms with van der Waals surface area (Å²) in [6.45, 7) is 8.89. The number of hydrogen-bond acceptors (Lipinski definition) is 4. The highest BCUT2D eigenvalue weighted by Crippen LogP contribution is 2.29. The molecule has 5 heteroatoms. The van der Waals surface area contributed by atoms with E-state index in [-0.39, 0.29) is 0 Å². The standard InChI is InChI=1S/C19H21N3S2/c1-4-9-22-18(16-11-17(5-2)23-13-16)20-21-19(22)24-12-15-8-6-7-14(3)10-15/h4,6-8,10-11,13H,1,5,9,12H2,2-3H3. The van der Waals surface area contributed by atoms with E-state index in [2.05, 4.69) is 70.9 Å². The lowest BCUT2D eigenvalue weighted by Crippen LogP contribution is -2.00. The monoisotopic (exact) mass is 355 g/mol. The molecule has 3 aromatic rings. The van der Waals surface area contributed by atoms with Gasteiger partial charge in [0.05, 0.1) is 0 Å². The van der Waals surface area contributed by atoms with Gasteiger partial charge in [-0.2, -0.15) is 0 Å². The fraction of sp³-hybridized carbons (Fsp3) is 0.263. The van der Waals surface area contributed by atoms with Crippen molar-refractivity contribution in [1.82, 2.24) is 14.8 Å². The number of benzene rings is 1. The summed E-state index contributed by atoms with van der Waals surface area (Å²) in [5.41, 5.74) is 3.74. The van der Waals surface area contributed by atoms with Gasteiger partial charge in [0, 0.05) is 28.1 Å². The maximum absolute atomic E-state index is 4.43. The minimum atomic E-state index is 0.718. The van der Waals surface area contributed by atoms with Crippen molar-refractivity contribution in [2.75, 3.05) is 0 Å². The van der Waals surface area contributed by atoms with Gasteiger partial charge in [0.25, 0.3) is 0 Å². The number of aryl methyl sites for hydroxylation is 2. The zero-order valence-electron chi connectivity index (χ0n) is 14.0. The Labute approximate surface area is 151 Å². The van der Waals surface area contributed by atoms with Gasteiger partial charge in [-0.05, 0) is 25.0 Å². The summed E-state index contributed by atoms with van der Waals surface area (Å²) in [5, 5.41) is 12.0. The Morgan fingerprint density at radius 1 is 1.29 bits per heavy atom. The molecule has 0 aliphatic rings. The lowest BCUT2D eigenvalue weighted by Gasteiger charge is -2.07. The molecule has 0 saturated carbocycles. The third-order valence-electron chi connectivity index (χ3n) is 3.74. The van der Waals surface area contributed by atoms with Crippen molar-refractivity contribution in [2.45, 2.75) is 37.7 Å². The molecule has 2 aromatic heterocycles. The second-order valence-corrected chi connectivity index (χ2v) is 7.58. The first-order valence-corrected chi connectivity index (χ1v) is 9.88. The van der Waals surface area contributed by atoms with E-state index in [0.717, 1.165) is 35.3 Å². The smallest absolute Gasteiger partial charge is 0.192 e.